The second-order valence-corrected chi connectivity index (χ2v) is 4.26. The maximum Gasteiger partial charge on any atom is 0.123 e. The fourth-order valence-corrected chi connectivity index (χ4v) is 1.86. The average molecular weight is 245 g/mol. The van der Waals surface area contributed by atoms with Crippen LogP contribution in [-0.4, -0.2) is 9.97 Å². The van der Waals surface area contributed by atoms with Crippen LogP contribution in [0.1, 0.15) is 29.9 Å². The monoisotopic (exact) mass is 245 g/mol. The minimum atomic E-state index is -0.211. The molecule has 1 unspecified atom stereocenters. The first-order valence-electron chi connectivity index (χ1n) is 5.92. The Hall–Kier alpha value is -1.81. The number of hydrogen-bond donors (Lipinski definition) is 1. The van der Waals surface area contributed by atoms with E-state index in [1.807, 2.05) is 19.9 Å². The number of aryl methyl sites for hydroxylation is 1. The Bertz CT molecular complexity index is 528. The molecule has 1 N–H and O–H groups in total. The molecule has 1 heterocycles. The largest absolute Gasteiger partial charge is 0.305 e. The van der Waals surface area contributed by atoms with Crippen molar-refractivity contribution in [2.45, 2.75) is 26.4 Å². The zero-order chi connectivity index (χ0) is 13.0. The van der Waals surface area contributed by atoms with Crippen LogP contribution in [0.25, 0.3) is 0 Å². The fourth-order valence-electron chi connectivity index (χ4n) is 1.86. The predicted molar refractivity (Wildman–Crippen MR) is 68.4 cm³/mol. The van der Waals surface area contributed by atoms with Crippen molar-refractivity contribution >= 4 is 0 Å². The highest BCUT2D eigenvalue weighted by Gasteiger charge is 2.09. The Morgan fingerprint density at radius 1 is 1.28 bits per heavy atom. The minimum Gasteiger partial charge on any atom is -0.305 e. The molecule has 0 radical (unpaired) electrons. The van der Waals surface area contributed by atoms with E-state index < -0.39 is 0 Å². The van der Waals surface area contributed by atoms with Crippen LogP contribution in [-0.2, 0) is 6.54 Å². The summed E-state index contributed by atoms with van der Waals surface area (Å²) in [7, 11) is 0. The Kier molecular flexibility index (Phi) is 3.99. The van der Waals surface area contributed by atoms with Crippen LogP contribution in [0.2, 0.25) is 0 Å². The average Bonchev–Trinajstić information content (AvgIpc) is 2.37. The number of nitrogens with zero attached hydrogens (tertiary/aromatic N) is 2. The topological polar surface area (TPSA) is 37.8 Å². The third-order valence-corrected chi connectivity index (χ3v) is 2.83. The van der Waals surface area contributed by atoms with Gasteiger partial charge in [0.25, 0.3) is 0 Å². The van der Waals surface area contributed by atoms with Gasteiger partial charge in [-0.3, -0.25) is 9.97 Å². The van der Waals surface area contributed by atoms with E-state index in [1.165, 1.54) is 12.1 Å². The molecule has 0 spiro atoms. The number of hydrogen-bond acceptors (Lipinski definition) is 3. The normalized spacial score (nSPS) is 12.4. The number of halogens is 1. The van der Waals surface area contributed by atoms with Crippen LogP contribution in [0.5, 0.6) is 0 Å². The minimum absolute atomic E-state index is 0.0852. The maximum atomic E-state index is 13.0. The Balaban J connectivity index is 2.00. The number of benzene rings is 1. The molecule has 1 aromatic carbocycles. The van der Waals surface area contributed by atoms with Crippen molar-refractivity contribution in [2.24, 2.45) is 0 Å². The number of aromatic nitrogens is 2. The van der Waals surface area contributed by atoms with Gasteiger partial charge in [-0.2, -0.15) is 0 Å². The molecule has 0 bridgehead atoms. The summed E-state index contributed by atoms with van der Waals surface area (Å²) >= 11 is 0. The molecule has 0 saturated carbocycles. The van der Waals surface area contributed by atoms with Crippen molar-refractivity contribution in [1.82, 2.24) is 15.3 Å². The molecular formula is C14H16FN3. The summed E-state index contributed by atoms with van der Waals surface area (Å²) in [5.74, 6) is -0.211. The summed E-state index contributed by atoms with van der Waals surface area (Å²) in [6.45, 7) is 4.56. The first-order valence-corrected chi connectivity index (χ1v) is 5.92. The highest BCUT2D eigenvalue weighted by molar-refractivity contribution is 5.17. The van der Waals surface area contributed by atoms with Crippen molar-refractivity contribution in [1.29, 1.82) is 0 Å². The van der Waals surface area contributed by atoms with Gasteiger partial charge in [0.1, 0.15) is 5.82 Å². The molecule has 0 amide bonds. The van der Waals surface area contributed by atoms with Crippen LogP contribution in [0.15, 0.2) is 36.7 Å². The second kappa shape index (κ2) is 5.69. The third kappa shape index (κ3) is 3.11. The summed E-state index contributed by atoms with van der Waals surface area (Å²) in [5.41, 5.74) is 2.76. The van der Waals surface area contributed by atoms with E-state index in [0.29, 0.717) is 6.54 Å². The fraction of sp³-hybridized carbons (Fsp3) is 0.286. The second-order valence-electron chi connectivity index (χ2n) is 4.26. The van der Waals surface area contributed by atoms with Crippen molar-refractivity contribution in [3.05, 3.63) is 59.4 Å². The van der Waals surface area contributed by atoms with Gasteiger partial charge in [-0.15, -0.1) is 0 Å². The molecule has 0 aliphatic rings. The predicted octanol–water partition coefficient (Wildman–Crippen LogP) is 2.77. The molecule has 1 atom stereocenters. The summed E-state index contributed by atoms with van der Waals surface area (Å²) in [6, 6.07) is 6.67. The molecule has 18 heavy (non-hydrogen) atoms. The van der Waals surface area contributed by atoms with Gasteiger partial charge in [0.15, 0.2) is 0 Å². The van der Waals surface area contributed by atoms with Crippen molar-refractivity contribution < 1.29 is 4.39 Å². The quantitative estimate of drug-likeness (QED) is 0.900. The van der Waals surface area contributed by atoms with Crippen molar-refractivity contribution in [3.8, 4) is 0 Å². The lowest BCUT2D eigenvalue weighted by Crippen LogP contribution is -2.20. The zero-order valence-electron chi connectivity index (χ0n) is 10.5. The van der Waals surface area contributed by atoms with Gasteiger partial charge < -0.3 is 5.32 Å². The summed E-state index contributed by atoms with van der Waals surface area (Å²) < 4.78 is 13.0. The maximum absolute atomic E-state index is 13.0. The van der Waals surface area contributed by atoms with E-state index >= 15 is 0 Å². The molecule has 94 valence electrons. The smallest absolute Gasteiger partial charge is 0.123 e. The number of rotatable bonds is 4. The van der Waals surface area contributed by atoms with Gasteiger partial charge in [0.2, 0.25) is 0 Å². The Morgan fingerprint density at radius 2 is 2.06 bits per heavy atom. The molecule has 0 aliphatic carbocycles. The first kappa shape index (κ1) is 12.6. The summed E-state index contributed by atoms with van der Waals surface area (Å²) in [4.78, 5) is 8.52. The van der Waals surface area contributed by atoms with E-state index in [-0.39, 0.29) is 11.9 Å². The van der Waals surface area contributed by atoms with Crippen LogP contribution < -0.4 is 5.32 Å². The Morgan fingerprint density at radius 3 is 2.78 bits per heavy atom. The van der Waals surface area contributed by atoms with E-state index in [1.54, 1.807) is 18.5 Å². The lowest BCUT2D eigenvalue weighted by Gasteiger charge is -2.14. The van der Waals surface area contributed by atoms with Crippen LogP contribution in [0.4, 0.5) is 4.39 Å². The molecule has 4 heteroatoms. The van der Waals surface area contributed by atoms with Gasteiger partial charge in [-0.1, -0.05) is 12.1 Å². The van der Waals surface area contributed by atoms with Gasteiger partial charge in [0, 0.05) is 25.0 Å². The molecule has 0 fully saturated rings. The van der Waals surface area contributed by atoms with E-state index in [9.17, 15) is 4.39 Å². The molecule has 3 nitrogen and oxygen atoms in total. The number of nitrogens with one attached hydrogen (secondary N) is 1. The molecule has 1 aromatic heterocycles. The van der Waals surface area contributed by atoms with Gasteiger partial charge in [-0.25, -0.2) is 4.39 Å². The molecule has 0 aliphatic heterocycles. The van der Waals surface area contributed by atoms with Crippen molar-refractivity contribution in [2.75, 3.05) is 0 Å². The summed E-state index contributed by atoms with van der Waals surface area (Å²) in [5, 5.41) is 3.31. The van der Waals surface area contributed by atoms with Crippen LogP contribution >= 0.6 is 0 Å². The first-order chi connectivity index (χ1) is 8.66. The third-order valence-electron chi connectivity index (χ3n) is 2.83. The van der Waals surface area contributed by atoms with Gasteiger partial charge >= 0.3 is 0 Å². The molecule has 2 rings (SSSR count). The SMILES string of the molecule is Cc1nccnc1C(C)NCc1cccc(F)c1. The van der Waals surface area contributed by atoms with Crippen molar-refractivity contribution in [3.63, 3.8) is 0 Å². The molecule has 0 saturated heterocycles. The van der Waals surface area contributed by atoms with Gasteiger partial charge in [0.05, 0.1) is 11.4 Å². The summed E-state index contributed by atoms with van der Waals surface area (Å²) in [6.07, 6.45) is 3.36. The Labute approximate surface area is 106 Å². The van der Waals surface area contributed by atoms with E-state index in [0.717, 1.165) is 17.0 Å². The van der Waals surface area contributed by atoms with Gasteiger partial charge in [-0.05, 0) is 31.5 Å². The lowest BCUT2D eigenvalue weighted by molar-refractivity contribution is 0.552. The highest BCUT2D eigenvalue weighted by Crippen LogP contribution is 2.13. The molecule has 2 aromatic rings. The van der Waals surface area contributed by atoms with E-state index in [2.05, 4.69) is 15.3 Å². The van der Waals surface area contributed by atoms with Crippen LogP contribution in [0, 0.1) is 12.7 Å². The van der Waals surface area contributed by atoms with E-state index in [4.69, 9.17) is 0 Å². The zero-order valence-corrected chi connectivity index (χ0v) is 10.5. The lowest BCUT2D eigenvalue weighted by atomic mass is 10.1. The molecular weight excluding hydrogens is 229 g/mol. The standard InChI is InChI=1S/C14H16FN3/c1-10-14(17-7-6-16-10)11(2)18-9-12-4-3-5-13(15)8-12/h3-8,11,18H,9H2,1-2H3. The highest BCUT2D eigenvalue weighted by atomic mass is 19.1. The van der Waals surface area contributed by atoms with Crippen LogP contribution in [0.3, 0.4) is 0 Å².